The Bertz CT molecular complexity index is 590. The molecule has 19 heavy (non-hydrogen) atoms. The fourth-order valence-electron chi connectivity index (χ4n) is 1.68. The number of nitrogens with zero attached hydrogens (tertiary/aromatic N) is 1. The number of aryl methyl sites for hydroxylation is 1. The van der Waals surface area contributed by atoms with E-state index < -0.39 is 5.82 Å². The highest BCUT2D eigenvalue weighted by atomic mass is 35.5. The Morgan fingerprint density at radius 2 is 2.16 bits per heavy atom. The van der Waals surface area contributed by atoms with Gasteiger partial charge in [-0.05, 0) is 43.7 Å². The minimum atomic E-state index is -0.517. The third kappa shape index (κ3) is 3.43. The highest BCUT2D eigenvalue weighted by Gasteiger charge is 2.07. The molecule has 0 amide bonds. The molecular formula is C14H14ClFN2O. The number of aromatic nitrogens is 1. The Hall–Kier alpha value is -1.65. The maximum absolute atomic E-state index is 13.3. The van der Waals surface area contributed by atoms with Gasteiger partial charge in [-0.15, -0.1) is 0 Å². The van der Waals surface area contributed by atoms with Gasteiger partial charge in [0.15, 0.2) is 0 Å². The summed E-state index contributed by atoms with van der Waals surface area (Å²) in [6, 6.07) is 6.24. The zero-order chi connectivity index (χ0) is 13.8. The van der Waals surface area contributed by atoms with Crippen LogP contribution in [-0.2, 0) is 6.42 Å². The summed E-state index contributed by atoms with van der Waals surface area (Å²) in [5.41, 5.74) is 7.42. The van der Waals surface area contributed by atoms with Crippen molar-refractivity contribution < 1.29 is 9.13 Å². The van der Waals surface area contributed by atoms with E-state index in [1.807, 2.05) is 13.0 Å². The van der Waals surface area contributed by atoms with Gasteiger partial charge in [0, 0.05) is 17.8 Å². The molecule has 0 atom stereocenters. The number of hydrogen-bond donors (Lipinski definition) is 1. The summed E-state index contributed by atoms with van der Waals surface area (Å²) in [5.74, 6) is 0.295. The number of ether oxygens (including phenoxy) is 1. The van der Waals surface area contributed by atoms with E-state index in [0.717, 1.165) is 17.5 Å². The largest absolute Gasteiger partial charge is 0.439 e. The quantitative estimate of drug-likeness (QED) is 0.933. The molecule has 100 valence electrons. The van der Waals surface area contributed by atoms with Crippen molar-refractivity contribution >= 4 is 11.6 Å². The smallest absolute Gasteiger partial charge is 0.222 e. The molecule has 0 bridgehead atoms. The van der Waals surface area contributed by atoms with E-state index in [1.54, 1.807) is 12.3 Å². The number of benzene rings is 1. The molecule has 0 aliphatic rings. The number of halogens is 2. The highest BCUT2D eigenvalue weighted by molar-refractivity contribution is 6.30. The first-order valence-electron chi connectivity index (χ1n) is 5.88. The monoisotopic (exact) mass is 280 g/mol. The molecule has 1 aromatic carbocycles. The number of hydrogen-bond acceptors (Lipinski definition) is 3. The molecule has 0 radical (unpaired) electrons. The van der Waals surface area contributed by atoms with Gasteiger partial charge in [-0.2, -0.15) is 0 Å². The van der Waals surface area contributed by atoms with Crippen molar-refractivity contribution in [2.45, 2.75) is 13.3 Å². The van der Waals surface area contributed by atoms with Crippen LogP contribution in [0.15, 0.2) is 30.5 Å². The maximum atomic E-state index is 13.3. The van der Waals surface area contributed by atoms with Crippen molar-refractivity contribution in [2.75, 3.05) is 6.54 Å². The minimum absolute atomic E-state index is 0.0651. The van der Waals surface area contributed by atoms with Crippen molar-refractivity contribution in [3.05, 3.63) is 52.4 Å². The second-order valence-corrected chi connectivity index (χ2v) is 4.59. The molecule has 1 aromatic heterocycles. The Balaban J connectivity index is 2.20. The van der Waals surface area contributed by atoms with Gasteiger partial charge in [-0.25, -0.2) is 9.37 Å². The normalized spacial score (nSPS) is 10.5. The lowest BCUT2D eigenvalue weighted by Crippen LogP contribution is -2.03. The lowest BCUT2D eigenvalue weighted by atomic mass is 10.1. The van der Waals surface area contributed by atoms with Crippen molar-refractivity contribution in [3.63, 3.8) is 0 Å². The summed E-state index contributed by atoms with van der Waals surface area (Å²) in [5, 5.41) is 0.0651. The lowest BCUT2D eigenvalue weighted by Gasteiger charge is -2.09. The second-order valence-electron chi connectivity index (χ2n) is 4.18. The number of nitrogens with two attached hydrogens (primary N) is 1. The molecule has 0 saturated carbocycles. The van der Waals surface area contributed by atoms with Gasteiger partial charge < -0.3 is 10.5 Å². The average molecular weight is 281 g/mol. The van der Waals surface area contributed by atoms with Crippen LogP contribution in [0.3, 0.4) is 0 Å². The first kappa shape index (κ1) is 13.8. The van der Waals surface area contributed by atoms with Crippen molar-refractivity contribution in [3.8, 4) is 11.6 Å². The second kappa shape index (κ2) is 5.99. The van der Waals surface area contributed by atoms with Gasteiger partial charge in [0.1, 0.15) is 11.6 Å². The standard InChI is InChI=1S/C14H14ClFN2O/c1-9-6-10(4-5-17)8-18-14(9)19-11-2-3-12(15)13(16)7-11/h2-3,6-8H,4-5,17H2,1H3. The molecular weight excluding hydrogens is 267 g/mol. The molecule has 2 aromatic rings. The molecule has 0 aliphatic carbocycles. The third-order valence-electron chi connectivity index (χ3n) is 2.63. The van der Waals surface area contributed by atoms with Gasteiger partial charge in [-0.3, -0.25) is 0 Å². The van der Waals surface area contributed by atoms with Crippen LogP contribution in [0.2, 0.25) is 5.02 Å². The van der Waals surface area contributed by atoms with Gasteiger partial charge >= 0.3 is 0 Å². The van der Waals surface area contributed by atoms with E-state index >= 15 is 0 Å². The van der Waals surface area contributed by atoms with E-state index in [-0.39, 0.29) is 5.02 Å². The SMILES string of the molecule is Cc1cc(CCN)cnc1Oc1ccc(Cl)c(F)c1. The Morgan fingerprint density at radius 1 is 1.37 bits per heavy atom. The lowest BCUT2D eigenvalue weighted by molar-refractivity contribution is 0.454. The maximum Gasteiger partial charge on any atom is 0.222 e. The summed E-state index contributed by atoms with van der Waals surface area (Å²) in [6.07, 6.45) is 2.48. The number of pyridine rings is 1. The van der Waals surface area contributed by atoms with E-state index in [9.17, 15) is 4.39 Å². The van der Waals surface area contributed by atoms with Crippen LogP contribution in [0.25, 0.3) is 0 Å². The molecule has 0 spiro atoms. The van der Waals surface area contributed by atoms with E-state index in [2.05, 4.69) is 4.98 Å². The van der Waals surface area contributed by atoms with Crippen molar-refractivity contribution in [1.29, 1.82) is 0 Å². The van der Waals surface area contributed by atoms with E-state index in [1.165, 1.54) is 12.1 Å². The summed E-state index contributed by atoms with van der Waals surface area (Å²) in [6.45, 7) is 2.46. The summed E-state index contributed by atoms with van der Waals surface area (Å²) < 4.78 is 18.8. The fraction of sp³-hybridized carbons (Fsp3) is 0.214. The van der Waals surface area contributed by atoms with Crippen LogP contribution in [0.1, 0.15) is 11.1 Å². The van der Waals surface area contributed by atoms with E-state index in [4.69, 9.17) is 22.1 Å². The topological polar surface area (TPSA) is 48.1 Å². The molecule has 5 heteroatoms. The predicted molar refractivity (Wildman–Crippen MR) is 73.2 cm³/mol. The van der Waals surface area contributed by atoms with Gasteiger partial charge in [0.25, 0.3) is 0 Å². The predicted octanol–water partition coefficient (Wildman–Crippen LogP) is 3.48. The Morgan fingerprint density at radius 3 is 2.79 bits per heavy atom. The van der Waals surface area contributed by atoms with Crippen LogP contribution in [-0.4, -0.2) is 11.5 Å². The van der Waals surface area contributed by atoms with E-state index in [0.29, 0.717) is 18.2 Å². The average Bonchev–Trinajstić information content (AvgIpc) is 2.37. The molecule has 0 saturated heterocycles. The molecule has 0 aliphatic heterocycles. The molecule has 1 heterocycles. The van der Waals surface area contributed by atoms with Crippen molar-refractivity contribution in [2.24, 2.45) is 5.73 Å². The summed E-state index contributed by atoms with van der Waals surface area (Å²) in [4.78, 5) is 4.21. The molecule has 0 fully saturated rings. The molecule has 3 nitrogen and oxygen atoms in total. The fourth-order valence-corrected chi connectivity index (χ4v) is 1.80. The summed E-state index contributed by atoms with van der Waals surface area (Å²) >= 11 is 5.61. The highest BCUT2D eigenvalue weighted by Crippen LogP contribution is 2.26. The van der Waals surface area contributed by atoms with Crippen molar-refractivity contribution in [1.82, 2.24) is 4.98 Å². The zero-order valence-electron chi connectivity index (χ0n) is 10.5. The Kier molecular flexibility index (Phi) is 4.35. The summed E-state index contributed by atoms with van der Waals surface area (Å²) in [7, 11) is 0. The third-order valence-corrected chi connectivity index (χ3v) is 2.93. The van der Waals surface area contributed by atoms with Crippen LogP contribution >= 0.6 is 11.6 Å². The zero-order valence-corrected chi connectivity index (χ0v) is 11.2. The molecule has 0 unspecified atom stereocenters. The van der Waals surface area contributed by atoms with Crippen LogP contribution in [0.5, 0.6) is 11.6 Å². The van der Waals surface area contributed by atoms with Crippen LogP contribution in [0.4, 0.5) is 4.39 Å². The Labute approximate surface area is 116 Å². The van der Waals surface area contributed by atoms with Gasteiger partial charge in [0.05, 0.1) is 5.02 Å². The molecule has 2 N–H and O–H groups in total. The number of rotatable bonds is 4. The first-order valence-corrected chi connectivity index (χ1v) is 6.26. The minimum Gasteiger partial charge on any atom is -0.439 e. The van der Waals surface area contributed by atoms with Crippen LogP contribution < -0.4 is 10.5 Å². The first-order chi connectivity index (χ1) is 9.10. The van der Waals surface area contributed by atoms with Gasteiger partial charge in [-0.1, -0.05) is 11.6 Å². The van der Waals surface area contributed by atoms with Gasteiger partial charge in [0.2, 0.25) is 5.88 Å². The molecule has 2 rings (SSSR count). The van der Waals surface area contributed by atoms with Crippen LogP contribution in [0, 0.1) is 12.7 Å².